The summed E-state index contributed by atoms with van der Waals surface area (Å²) in [7, 11) is 0. The van der Waals surface area contributed by atoms with Crippen LogP contribution in [-0.2, 0) is 48.8 Å². The molecule has 0 rings (SSSR count). The third kappa shape index (κ3) is 9.56. The first-order valence-corrected chi connectivity index (χ1v) is 1.24. The molecule has 0 heterocycles. The van der Waals surface area contributed by atoms with Crippen LogP contribution in [0, 0.1) is 0 Å². The van der Waals surface area contributed by atoms with Gasteiger partial charge in [-0.2, -0.15) is 0 Å². The molecule has 0 saturated heterocycles. The van der Waals surface area contributed by atoms with E-state index in [1.165, 1.54) is 0 Å². The second kappa shape index (κ2) is 23.6. The van der Waals surface area contributed by atoms with Crippen LogP contribution in [0.15, 0.2) is 0 Å². The SMILES string of the molecule is [BH2][Cu].[Ni].[Ni]. The van der Waals surface area contributed by atoms with Gasteiger partial charge in [0.25, 0.3) is 0 Å². The van der Waals surface area contributed by atoms with Gasteiger partial charge in [0.05, 0.1) is 0 Å². The van der Waals surface area contributed by atoms with Crippen molar-refractivity contribution < 1.29 is 48.8 Å². The van der Waals surface area contributed by atoms with E-state index in [1.54, 1.807) is 6.66 Å². The molecule has 0 spiro atoms. The molecule has 4 heteroatoms. The summed E-state index contributed by atoms with van der Waals surface area (Å²) in [4.78, 5) is 0. The van der Waals surface area contributed by atoms with Gasteiger partial charge in [0.2, 0.25) is 0 Å². The Labute approximate surface area is 55.4 Å². The third-order valence-corrected chi connectivity index (χ3v) is 0. The van der Waals surface area contributed by atoms with Crippen molar-refractivity contribution in [2.45, 2.75) is 0 Å². The van der Waals surface area contributed by atoms with Gasteiger partial charge in [-0.25, -0.2) is 0 Å². The van der Waals surface area contributed by atoms with Crippen molar-refractivity contribution in [1.29, 1.82) is 0 Å². The van der Waals surface area contributed by atoms with Gasteiger partial charge in [0, 0.05) is 33.0 Å². The van der Waals surface area contributed by atoms with Gasteiger partial charge in [0.1, 0.15) is 0 Å². The molecule has 0 unspecified atom stereocenters. The molecule has 0 bridgehead atoms. The van der Waals surface area contributed by atoms with Gasteiger partial charge in [0.15, 0.2) is 0 Å². The molecule has 0 aromatic rings. The van der Waals surface area contributed by atoms with E-state index >= 15 is 0 Å². The zero-order valence-corrected chi connectivity index (χ0v) is 4.85. The zero-order valence-electron chi connectivity index (χ0n) is 1.93. The van der Waals surface area contributed by atoms with E-state index in [-0.39, 0.29) is 33.0 Å². The second-order valence-electron chi connectivity index (χ2n) is 0. The molecule has 0 radical (unpaired) electrons. The Morgan fingerprint density at radius 1 is 1.00 bits per heavy atom. The van der Waals surface area contributed by atoms with E-state index in [0.717, 1.165) is 0 Å². The van der Waals surface area contributed by atoms with Crippen molar-refractivity contribution in [2.24, 2.45) is 0 Å². The Bertz CT molecular complexity index is 6.00. The minimum absolute atomic E-state index is 0. The Hall–Kier alpha value is 1.57. The Morgan fingerprint density at radius 3 is 1.00 bits per heavy atom. The third-order valence-electron chi connectivity index (χ3n) is 0. The number of hydrogen-bond acceptors (Lipinski definition) is 0. The quantitative estimate of drug-likeness (QED) is 0.437. The summed E-state index contributed by atoms with van der Waals surface area (Å²) in [6.07, 6.45) is 0. The standard InChI is InChI=1S/BH2.Cu.2Ni/h1H2;;;/q+1;-1;;. The van der Waals surface area contributed by atoms with Crippen LogP contribution >= 0.6 is 0 Å². The first kappa shape index (κ1) is 17.6. The van der Waals surface area contributed by atoms with Crippen LogP contribution in [0.3, 0.4) is 0 Å². The molecule has 0 fully saturated rings. The summed E-state index contributed by atoms with van der Waals surface area (Å²) in [6, 6.07) is 0. The van der Waals surface area contributed by atoms with Crippen LogP contribution in [-0.4, -0.2) is 6.66 Å². The van der Waals surface area contributed by atoms with Crippen LogP contribution in [0.2, 0.25) is 0 Å². The smallest absolute Gasteiger partial charge is 0 e. The molecule has 0 saturated carbocycles. The number of rotatable bonds is 0. The van der Waals surface area contributed by atoms with Crippen LogP contribution in [0.5, 0.6) is 0 Å². The molecule has 0 aliphatic carbocycles. The summed E-state index contributed by atoms with van der Waals surface area (Å²) < 4.78 is 0. The normalized spacial score (nSPS) is 1.50. The molecule has 0 N–H and O–H groups in total. The van der Waals surface area contributed by atoms with E-state index in [1.807, 2.05) is 0 Å². The van der Waals surface area contributed by atoms with E-state index in [9.17, 15) is 0 Å². The molecule has 0 aromatic heterocycles. The largest absolute Gasteiger partial charge is 0 e. The average molecular weight is 194 g/mol. The number of hydrogen-bond donors (Lipinski definition) is 0. The fourth-order valence-corrected chi connectivity index (χ4v) is 0. The van der Waals surface area contributed by atoms with Gasteiger partial charge in [-0.3, -0.25) is 0 Å². The summed E-state index contributed by atoms with van der Waals surface area (Å²) in [5.74, 6) is 0. The molecule has 0 nitrogen and oxygen atoms in total. The van der Waals surface area contributed by atoms with E-state index in [2.05, 4.69) is 15.8 Å². The molecule has 0 amide bonds. The molecule has 0 atom stereocenters. The first-order chi connectivity index (χ1) is 1.00. The molecular weight excluding hydrogens is 192 g/mol. The molecule has 0 aromatic carbocycles. The van der Waals surface area contributed by atoms with Gasteiger partial charge >= 0.3 is 22.5 Å². The molecular formula is H2BCuNi2. The monoisotopic (exact) mass is 192 g/mol. The van der Waals surface area contributed by atoms with Gasteiger partial charge in [-0.05, 0) is 0 Å². The second-order valence-corrected chi connectivity index (χ2v) is 0. The summed E-state index contributed by atoms with van der Waals surface area (Å²) in [5, 5.41) is 0. The minimum atomic E-state index is 0. The van der Waals surface area contributed by atoms with Crippen molar-refractivity contribution >= 4 is 6.66 Å². The maximum atomic E-state index is 4.19. The van der Waals surface area contributed by atoms with Crippen LogP contribution in [0.25, 0.3) is 0 Å². The van der Waals surface area contributed by atoms with Crippen molar-refractivity contribution in [3.63, 3.8) is 0 Å². The van der Waals surface area contributed by atoms with Crippen molar-refractivity contribution in [3.05, 3.63) is 0 Å². The molecule has 4 heavy (non-hydrogen) atoms. The van der Waals surface area contributed by atoms with E-state index in [0.29, 0.717) is 0 Å². The summed E-state index contributed by atoms with van der Waals surface area (Å²) in [5.41, 5.74) is 0. The Balaban J connectivity index is -0.00000000500. The molecule has 0 aliphatic heterocycles. The maximum absolute atomic E-state index is 4.19. The van der Waals surface area contributed by atoms with Crippen LogP contribution in [0.4, 0.5) is 0 Å². The fourth-order valence-electron chi connectivity index (χ4n) is 0. The Kier molecular flexibility index (Phi) is 104. The van der Waals surface area contributed by atoms with E-state index in [4.69, 9.17) is 0 Å². The van der Waals surface area contributed by atoms with E-state index < -0.39 is 0 Å². The molecule has 36 valence electrons. The predicted octanol–water partition coefficient (Wildman–Crippen LogP) is -0.924. The topological polar surface area (TPSA) is 0 Å². The predicted molar refractivity (Wildman–Crippen MR) is 8.54 cm³/mol. The van der Waals surface area contributed by atoms with Crippen molar-refractivity contribution in [2.75, 3.05) is 0 Å². The summed E-state index contributed by atoms with van der Waals surface area (Å²) in [6.45, 7) is 1.56. The zero-order chi connectivity index (χ0) is 2.00. The summed E-state index contributed by atoms with van der Waals surface area (Å²) >= 11 is 4.19. The van der Waals surface area contributed by atoms with Crippen molar-refractivity contribution in [3.8, 4) is 0 Å². The van der Waals surface area contributed by atoms with Crippen LogP contribution < -0.4 is 0 Å². The minimum Gasteiger partial charge on any atom is 0 e. The van der Waals surface area contributed by atoms with Gasteiger partial charge in [-0.1, -0.05) is 0 Å². The Morgan fingerprint density at radius 2 is 1.00 bits per heavy atom. The van der Waals surface area contributed by atoms with Crippen LogP contribution in [0.1, 0.15) is 0 Å². The van der Waals surface area contributed by atoms with Crippen molar-refractivity contribution in [1.82, 2.24) is 0 Å². The molecule has 0 aliphatic rings. The van der Waals surface area contributed by atoms with Gasteiger partial charge < -0.3 is 0 Å². The average Bonchev–Trinajstić information content (AvgIpc) is 1.00. The fraction of sp³-hybridized carbons (Fsp3) is 0. The maximum Gasteiger partial charge on any atom is 0 e. The van der Waals surface area contributed by atoms with Gasteiger partial charge in [-0.15, -0.1) is 0 Å². The first-order valence-electron chi connectivity index (χ1n) is 0.302.